The monoisotopic (exact) mass is 369 g/mol. The van der Waals surface area contributed by atoms with Crippen LogP contribution in [0.1, 0.15) is 23.0 Å². The van der Waals surface area contributed by atoms with Gasteiger partial charge < -0.3 is 14.8 Å². The Morgan fingerprint density at radius 1 is 1.15 bits per heavy atom. The van der Waals surface area contributed by atoms with E-state index in [-0.39, 0.29) is 24.0 Å². The number of esters is 1. The van der Waals surface area contributed by atoms with Crippen LogP contribution in [0.3, 0.4) is 0 Å². The van der Waals surface area contributed by atoms with Crippen molar-refractivity contribution in [3.05, 3.63) is 65.3 Å². The summed E-state index contributed by atoms with van der Waals surface area (Å²) in [5.74, 6) is -0.0420. The summed E-state index contributed by atoms with van der Waals surface area (Å²) in [5, 5.41) is 4.75. The van der Waals surface area contributed by atoms with Crippen molar-refractivity contribution < 1.29 is 19.1 Å². The molecule has 0 saturated heterocycles. The first-order valence-electron chi connectivity index (χ1n) is 7.69. The van der Waals surface area contributed by atoms with E-state index in [1.807, 2.05) is 18.2 Å². The lowest BCUT2D eigenvalue weighted by atomic mass is 10.2. The Balaban J connectivity index is 1.66. The number of anilines is 1. The average Bonchev–Trinajstić information content (AvgIpc) is 3.08. The van der Waals surface area contributed by atoms with Crippen LogP contribution in [0.15, 0.2) is 54.0 Å². The maximum atomic E-state index is 12.4. The molecule has 0 radical (unpaired) electrons. The Kier molecular flexibility index (Phi) is 5.55. The molecule has 1 N–H and O–H groups in total. The number of carbonyl (C=O) groups excluding carboxylic acids is 2. The number of nitrogens with zero attached hydrogens (tertiary/aromatic N) is 2. The second-order valence-electron chi connectivity index (χ2n) is 5.17. The Hall–Kier alpha value is -3.26. The molecule has 0 saturated carbocycles. The number of nitrogens with one attached hydrogen (secondary N) is 1. The minimum Gasteiger partial charge on any atom is -0.455 e. The SMILES string of the molecule is CC(=O)Nc1nc(COC(=O)c2cccnc2Oc2ccccc2)cs1. The zero-order valence-electron chi connectivity index (χ0n) is 13.8. The van der Waals surface area contributed by atoms with Crippen molar-refractivity contribution in [1.82, 2.24) is 9.97 Å². The molecule has 0 atom stereocenters. The van der Waals surface area contributed by atoms with Crippen molar-refractivity contribution in [2.24, 2.45) is 0 Å². The summed E-state index contributed by atoms with van der Waals surface area (Å²) >= 11 is 1.26. The maximum absolute atomic E-state index is 12.4. The maximum Gasteiger partial charge on any atom is 0.344 e. The van der Waals surface area contributed by atoms with Gasteiger partial charge in [-0.15, -0.1) is 11.3 Å². The molecule has 8 heteroatoms. The fraction of sp³-hybridized carbons (Fsp3) is 0.111. The Morgan fingerprint density at radius 3 is 2.73 bits per heavy atom. The number of rotatable bonds is 6. The molecule has 0 bridgehead atoms. The van der Waals surface area contributed by atoms with E-state index in [9.17, 15) is 9.59 Å². The summed E-state index contributed by atoms with van der Waals surface area (Å²) in [6.07, 6.45) is 1.54. The summed E-state index contributed by atoms with van der Waals surface area (Å²) in [5.41, 5.74) is 0.759. The van der Waals surface area contributed by atoms with Crippen LogP contribution in [0.4, 0.5) is 5.13 Å². The number of amides is 1. The quantitative estimate of drug-likeness (QED) is 0.667. The largest absolute Gasteiger partial charge is 0.455 e. The summed E-state index contributed by atoms with van der Waals surface area (Å²) in [7, 11) is 0. The fourth-order valence-electron chi connectivity index (χ4n) is 2.03. The predicted octanol–water partition coefficient (Wildman–Crippen LogP) is 3.65. The van der Waals surface area contributed by atoms with Crippen LogP contribution < -0.4 is 10.1 Å². The minimum atomic E-state index is -0.571. The van der Waals surface area contributed by atoms with E-state index in [1.54, 1.807) is 29.6 Å². The van der Waals surface area contributed by atoms with E-state index in [1.165, 1.54) is 24.5 Å². The molecule has 7 nitrogen and oxygen atoms in total. The third-order valence-electron chi connectivity index (χ3n) is 3.13. The second-order valence-corrected chi connectivity index (χ2v) is 6.03. The molecule has 1 aromatic carbocycles. The summed E-state index contributed by atoms with van der Waals surface area (Å²) in [4.78, 5) is 31.7. The third kappa shape index (κ3) is 4.64. The van der Waals surface area contributed by atoms with Crippen LogP contribution in [-0.4, -0.2) is 21.8 Å². The number of thiazole rings is 1. The van der Waals surface area contributed by atoms with Crippen molar-refractivity contribution in [3.8, 4) is 11.6 Å². The standard InChI is InChI=1S/C18H15N3O4S/c1-12(22)20-18-21-13(11-26-18)10-24-17(23)15-8-5-9-19-16(15)25-14-6-3-2-4-7-14/h2-9,11H,10H2,1H3,(H,20,21,22). The van der Waals surface area contributed by atoms with E-state index >= 15 is 0 Å². The highest BCUT2D eigenvalue weighted by Crippen LogP contribution is 2.23. The Bertz CT molecular complexity index is 912. The summed E-state index contributed by atoms with van der Waals surface area (Å²) in [6.45, 7) is 1.38. The highest BCUT2D eigenvalue weighted by atomic mass is 32.1. The van der Waals surface area contributed by atoms with Crippen molar-refractivity contribution in [2.75, 3.05) is 5.32 Å². The van der Waals surface area contributed by atoms with Gasteiger partial charge in [-0.2, -0.15) is 0 Å². The lowest BCUT2D eigenvalue weighted by Gasteiger charge is -2.09. The molecule has 0 aliphatic carbocycles. The minimum absolute atomic E-state index is 0.0193. The zero-order valence-corrected chi connectivity index (χ0v) is 14.7. The predicted molar refractivity (Wildman–Crippen MR) is 96.3 cm³/mol. The first-order chi connectivity index (χ1) is 12.6. The van der Waals surface area contributed by atoms with E-state index in [4.69, 9.17) is 9.47 Å². The number of hydrogen-bond acceptors (Lipinski definition) is 7. The molecule has 0 spiro atoms. The molecule has 3 rings (SSSR count). The third-order valence-corrected chi connectivity index (χ3v) is 3.94. The number of ether oxygens (including phenoxy) is 2. The molecule has 0 aliphatic heterocycles. The summed E-state index contributed by atoms with van der Waals surface area (Å²) in [6, 6.07) is 12.3. The van der Waals surface area contributed by atoms with E-state index < -0.39 is 5.97 Å². The Morgan fingerprint density at radius 2 is 1.96 bits per heavy atom. The van der Waals surface area contributed by atoms with Gasteiger partial charge in [0.25, 0.3) is 0 Å². The van der Waals surface area contributed by atoms with Gasteiger partial charge in [0.05, 0.1) is 5.69 Å². The van der Waals surface area contributed by atoms with Crippen LogP contribution in [-0.2, 0) is 16.1 Å². The van der Waals surface area contributed by atoms with Crippen molar-refractivity contribution in [2.45, 2.75) is 13.5 Å². The number of pyridine rings is 1. The topological polar surface area (TPSA) is 90.4 Å². The van der Waals surface area contributed by atoms with Gasteiger partial charge >= 0.3 is 5.97 Å². The lowest BCUT2D eigenvalue weighted by Crippen LogP contribution is -2.08. The van der Waals surface area contributed by atoms with Gasteiger partial charge in [0, 0.05) is 18.5 Å². The molecule has 132 valence electrons. The van der Waals surface area contributed by atoms with E-state index in [0.29, 0.717) is 16.6 Å². The summed E-state index contributed by atoms with van der Waals surface area (Å²) < 4.78 is 10.9. The van der Waals surface area contributed by atoms with Crippen molar-refractivity contribution >= 4 is 28.3 Å². The first-order valence-corrected chi connectivity index (χ1v) is 8.57. The van der Waals surface area contributed by atoms with Gasteiger partial charge in [0.1, 0.15) is 17.9 Å². The number of hydrogen-bond donors (Lipinski definition) is 1. The molecule has 0 aliphatic rings. The van der Waals surface area contributed by atoms with Crippen LogP contribution in [0, 0.1) is 0 Å². The fourth-order valence-corrected chi connectivity index (χ4v) is 2.77. The van der Waals surface area contributed by atoms with Crippen LogP contribution >= 0.6 is 11.3 Å². The molecular weight excluding hydrogens is 354 g/mol. The van der Waals surface area contributed by atoms with E-state index in [2.05, 4.69) is 15.3 Å². The highest BCUT2D eigenvalue weighted by Gasteiger charge is 2.16. The van der Waals surface area contributed by atoms with Crippen molar-refractivity contribution in [3.63, 3.8) is 0 Å². The number of para-hydroxylation sites is 1. The lowest BCUT2D eigenvalue weighted by molar-refractivity contribution is -0.114. The van der Waals surface area contributed by atoms with Gasteiger partial charge in [0.15, 0.2) is 5.13 Å². The molecule has 1 amide bonds. The smallest absolute Gasteiger partial charge is 0.344 e. The van der Waals surface area contributed by atoms with Gasteiger partial charge in [-0.1, -0.05) is 18.2 Å². The van der Waals surface area contributed by atoms with Gasteiger partial charge in [0.2, 0.25) is 11.8 Å². The average molecular weight is 369 g/mol. The normalized spacial score (nSPS) is 10.2. The molecule has 26 heavy (non-hydrogen) atoms. The molecule has 2 heterocycles. The Labute approximate surface area is 153 Å². The van der Waals surface area contributed by atoms with E-state index in [0.717, 1.165) is 0 Å². The second kappa shape index (κ2) is 8.21. The molecular formula is C18H15N3O4S. The van der Waals surface area contributed by atoms with Crippen LogP contribution in [0.2, 0.25) is 0 Å². The number of aromatic nitrogens is 2. The highest BCUT2D eigenvalue weighted by molar-refractivity contribution is 7.13. The first kappa shape index (κ1) is 17.6. The van der Waals surface area contributed by atoms with Gasteiger partial charge in [-0.3, -0.25) is 4.79 Å². The molecule has 2 aromatic heterocycles. The van der Waals surface area contributed by atoms with Gasteiger partial charge in [-0.25, -0.2) is 14.8 Å². The number of benzene rings is 1. The molecule has 0 unspecified atom stereocenters. The van der Waals surface area contributed by atoms with Crippen LogP contribution in [0.25, 0.3) is 0 Å². The zero-order chi connectivity index (χ0) is 18.4. The van der Waals surface area contributed by atoms with Gasteiger partial charge in [-0.05, 0) is 24.3 Å². The molecule has 0 fully saturated rings. The van der Waals surface area contributed by atoms with Crippen molar-refractivity contribution in [1.29, 1.82) is 0 Å². The molecule has 3 aromatic rings. The number of carbonyl (C=O) groups is 2. The van der Waals surface area contributed by atoms with Crippen LogP contribution in [0.5, 0.6) is 11.6 Å².